The van der Waals surface area contributed by atoms with E-state index in [2.05, 4.69) is 24.3 Å². The van der Waals surface area contributed by atoms with Crippen LogP contribution in [-0.2, 0) is 11.2 Å². The minimum absolute atomic E-state index is 0.146. The Morgan fingerprint density at radius 3 is 2.59 bits per heavy atom. The average Bonchev–Trinajstić information content (AvgIpc) is 2.36. The predicted octanol–water partition coefficient (Wildman–Crippen LogP) is 1.82. The van der Waals surface area contributed by atoms with Gasteiger partial charge in [-0.3, -0.25) is 4.79 Å². The third-order valence-corrected chi connectivity index (χ3v) is 2.84. The summed E-state index contributed by atoms with van der Waals surface area (Å²) in [7, 11) is 1.85. The van der Waals surface area contributed by atoms with Gasteiger partial charge in [-0.05, 0) is 24.8 Å². The van der Waals surface area contributed by atoms with Crippen LogP contribution in [0.25, 0.3) is 0 Å². The number of carbonyl (C=O) groups excluding carboxylic acids is 1. The van der Waals surface area contributed by atoms with Crippen LogP contribution < -0.4 is 5.73 Å². The van der Waals surface area contributed by atoms with Crippen molar-refractivity contribution in [3.05, 3.63) is 35.9 Å². The number of nitrogens with two attached hydrogens (primary N) is 1. The lowest BCUT2D eigenvalue weighted by Gasteiger charge is -2.16. The molecule has 0 aromatic heterocycles. The molecule has 3 heteroatoms. The van der Waals surface area contributed by atoms with E-state index in [1.54, 1.807) is 4.90 Å². The highest BCUT2D eigenvalue weighted by Crippen LogP contribution is 2.05. The van der Waals surface area contributed by atoms with Gasteiger partial charge in [0.15, 0.2) is 0 Å². The Hall–Kier alpha value is -1.35. The van der Waals surface area contributed by atoms with Crippen LogP contribution in [0, 0.1) is 0 Å². The maximum Gasteiger partial charge on any atom is 0.223 e. The number of benzene rings is 1. The summed E-state index contributed by atoms with van der Waals surface area (Å²) in [6.07, 6.45) is 3.70. The first-order valence-electron chi connectivity index (χ1n) is 6.22. The van der Waals surface area contributed by atoms with Gasteiger partial charge in [0.05, 0.1) is 0 Å². The lowest BCUT2D eigenvalue weighted by molar-refractivity contribution is -0.129. The van der Waals surface area contributed by atoms with Crippen molar-refractivity contribution in [3.8, 4) is 0 Å². The summed E-state index contributed by atoms with van der Waals surface area (Å²) in [4.78, 5) is 13.2. The van der Waals surface area contributed by atoms with Crippen LogP contribution in [0.3, 0.4) is 0 Å². The molecule has 94 valence electrons. The van der Waals surface area contributed by atoms with Crippen molar-refractivity contribution >= 4 is 5.91 Å². The number of hydrogen-bond acceptors (Lipinski definition) is 2. The van der Waals surface area contributed by atoms with Crippen LogP contribution in [0.2, 0.25) is 0 Å². The van der Waals surface area contributed by atoms with Crippen molar-refractivity contribution in [2.45, 2.75) is 25.7 Å². The zero-order valence-corrected chi connectivity index (χ0v) is 10.6. The van der Waals surface area contributed by atoms with Crippen LogP contribution in [-0.4, -0.2) is 30.9 Å². The maximum absolute atomic E-state index is 11.5. The normalized spacial score (nSPS) is 10.2. The molecular formula is C14H22N2O. The summed E-state index contributed by atoms with van der Waals surface area (Å²) < 4.78 is 0. The Bertz CT molecular complexity index is 324. The van der Waals surface area contributed by atoms with Gasteiger partial charge in [0.2, 0.25) is 5.91 Å². The molecule has 2 N–H and O–H groups in total. The Kier molecular flexibility index (Phi) is 6.33. The molecule has 1 aromatic carbocycles. The van der Waals surface area contributed by atoms with Gasteiger partial charge >= 0.3 is 0 Å². The molecule has 0 aliphatic carbocycles. The standard InChI is InChI=1S/C14H22N2O/c1-16(14(17)10-11-15)12-6-5-9-13-7-3-2-4-8-13/h2-4,7-8H,5-6,9-12,15H2,1H3. The number of unbranched alkanes of at least 4 members (excludes halogenated alkanes) is 1. The SMILES string of the molecule is CN(CCCCc1ccccc1)C(=O)CCN. The van der Waals surface area contributed by atoms with Gasteiger partial charge in [0.25, 0.3) is 0 Å². The lowest BCUT2D eigenvalue weighted by Crippen LogP contribution is -2.29. The third-order valence-electron chi connectivity index (χ3n) is 2.84. The van der Waals surface area contributed by atoms with Gasteiger partial charge in [-0.1, -0.05) is 30.3 Å². The molecule has 0 atom stereocenters. The topological polar surface area (TPSA) is 46.3 Å². The molecule has 3 nitrogen and oxygen atoms in total. The summed E-state index contributed by atoms with van der Waals surface area (Å²) in [5, 5.41) is 0. The smallest absolute Gasteiger partial charge is 0.223 e. The fourth-order valence-electron chi connectivity index (χ4n) is 1.76. The Labute approximate surface area is 104 Å². The second-order valence-electron chi connectivity index (χ2n) is 4.30. The summed E-state index contributed by atoms with van der Waals surface area (Å²) in [6.45, 7) is 1.26. The van der Waals surface area contributed by atoms with Crippen molar-refractivity contribution in [3.63, 3.8) is 0 Å². The summed E-state index contributed by atoms with van der Waals surface area (Å²) in [5.41, 5.74) is 6.71. The molecule has 0 radical (unpaired) electrons. The summed E-state index contributed by atoms with van der Waals surface area (Å²) in [5.74, 6) is 0.146. The van der Waals surface area contributed by atoms with E-state index >= 15 is 0 Å². The van der Waals surface area contributed by atoms with Crippen molar-refractivity contribution in [1.82, 2.24) is 4.90 Å². The Morgan fingerprint density at radius 1 is 1.24 bits per heavy atom. The first-order valence-corrected chi connectivity index (χ1v) is 6.22. The molecule has 0 unspecified atom stereocenters. The number of aryl methyl sites for hydroxylation is 1. The molecule has 1 aromatic rings. The van der Waals surface area contributed by atoms with E-state index in [9.17, 15) is 4.79 Å². The van der Waals surface area contributed by atoms with Crippen LogP contribution in [0.15, 0.2) is 30.3 Å². The molecule has 0 heterocycles. The number of amides is 1. The van der Waals surface area contributed by atoms with Crippen molar-refractivity contribution in [2.24, 2.45) is 5.73 Å². The van der Waals surface area contributed by atoms with Crippen LogP contribution in [0.4, 0.5) is 0 Å². The molecule has 0 aliphatic heterocycles. The summed E-state index contributed by atoms with van der Waals surface area (Å²) in [6, 6.07) is 10.4. The van der Waals surface area contributed by atoms with Crippen molar-refractivity contribution < 1.29 is 4.79 Å². The van der Waals surface area contributed by atoms with E-state index in [0.717, 1.165) is 25.8 Å². The van der Waals surface area contributed by atoms with Gasteiger partial charge in [-0.15, -0.1) is 0 Å². The minimum Gasteiger partial charge on any atom is -0.346 e. The first kappa shape index (κ1) is 13.7. The highest BCUT2D eigenvalue weighted by molar-refractivity contribution is 5.75. The monoisotopic (exact) mass is 234 g/mol. The average molecular weight is 234 g/mol. The van der Waals surface area contributed by atoms with E-state index in [1.807, 2.05) is 13.1 Å². The van der Waals surface area contributed by atoms with E-state index in [0.29, 0.717) is 13.0 Å². The van der Waals surface area contributed by atoms with E-state index in [4.69, 9.17) is 5.73 Å². The highest BCUT2D eigenvalue weighted by atomic mass is 16.2. The quantitative estimate of drug-likeness (QED) is 0.731. The molecule has 1 rings (SSSR count). The third kappa shape index (κ3) is 5.50. The van der Waals surface area contributed by atoms with Gasteiger partial charge < -0.3 is 10.6 Å². The fourth-order valence-corrected chi connectivity index (χ4v) is 1.76. The number of nitrogens with zero attached hydrogens (tertiary/aromatic N) is 1. The lowest BCUT2D eigenvalue weighted by atomic mass is 10.1. The largest absolute Gasteiger partial charge is 0.346 e. The minimum atomic E-state index is 0.146. The van der Waals surface area contributed by atoms with Gasteiger partial charge in [0.1, 0.15) is 0 Å². The van der Waals surface area contributed by atoms with Crippen LogP contribution in [0.5, 0.6) is 0 Å². The van der Waals surface area contributed by atoms with Crippen molar-refractivity contribution in [2.75, 3.05) is 20.1 Å². The van der Waals surface area contributed by atoms with Crippen LogP contribution >= 0.6 is 0 Å². The zero-order chi connectivity index (χ0) is 12.5. The van der Waals surface area contributed by atoms with Gasteiger partial charge in [-0.2, -0.15) is 0 Å². The second kappa shape index (κ2) is 7.85. The molecule has 1 amide bonds. The number of rotatable bonds is 7. The van der Waals surface area contributed by atoms with E-state index < -0.39 is 0 Å². The molecular weight excluding hydrogens is 212 g/mol. The maximum atomic E-state index is 11.5. The fraction of sp³-hybridized carbons (Fsp3) is 0.500. The molecule has 0 bridgehead atoms. The molecule has 17 heavy (non-hydrogen) atoms. The zero-order valence-electron chi connectivity index (χ0n) is 10.6. The number of carbonyl (C=O) groups is 1. The Balaban J connectivity index is 2.14. The number of hydrogen-bond donors (Lipinski definition) is 1. The highest BCUT2D eigenvalue weighted by Gasteiger charge is 2.06. The van der Waals surface area contributed by atoms with Crippen LogP contribution in [0.1, 0.15) is 24.8 Å². The van der Waals surface area contributed by atoms with Gasteiger partial charge in [-0.25, -0.2) is 0 Å². The van der Waals surface area contributed by atoms with E-state index in [-0.39, 0.29) is 5.91 Å². The van der Waals surface area contributed by atoms with E-state index in [1.165, 1.54) is 5.56 Å². The first-order chi connectivity index (χ1) is 8.24. The molecule has 0 spiro atoms. The molecule has 0 aliphatic rings. The van der Waals surface area contributed by atoms with Gasteiger partial charge in [0, 0.05) is 26.6 Å². The molecule has 0 fully saturated rings. The van der Waals surface area contributed by atoms with Crippen molar-refractivity contribution in [1.29, 1.82) is 0 Å². The molecule has 0 saturated heterocycles. The summed E-state index contributed by atoms with van der Waals surface area (Å²) >= 11 is 0. The Morgan fingerprint density at radius 2 is 1.94 bits per heavy atom. The predicted molar refractivity (Wildman–Crippen MR) is 70.7 cm³/mol. The second-order valence-corrected chi connectivity index (χ2v) is 4.30. The molecule has 0 saturated carbocycles.